The van der Waals surface area contributed by atoms with E-state index in [0.29, 0.717) is 57.1 Å². The van der Waals surface area contributed by atoms with E-state index in [4.69, 9.17) is 14.2 Å². The van der Waals surface area contributed by atoms with E-state index in [1.807, 2.05) is 6.92 Å². The third-order valence-corrected chi connectivity index (χ3v) is 3.04. The van der Waals surface area contributed by atoms with Crippen molar-refractivity contribution in [2.45, 2.75) is 6.92 Å². The van der Waals surface area contributed by atoms with E-state index in [1.54, 1.807) is 0 Å². The molecular formula is C11H15CuN3O3. The SMILES string of the molecule is CC(C1=NCCO1)(C1=NCCO1)C1=NCCO1.[Cu]. The van der Waals surface area contributed by atoms with E-state index < -0.39 is 5.41 Å². The molecule has 0 saturated heterocycles. The molecule has 0 unspecified atom stereocenters. The third-order valence-electron chi connectivity index (χ3n) is 3.04. The first-order valence-corrected chi connectivity index (χ1v) is 5.85. The van der Waals surface area contributed by atoms with Gasteiger partial charge in [0.25, 0.3) is 0 Å². The van der Waals surface area contributed by atoms with Crippen molar-refractivity contribution in [3.05, 3.63) is 0 Å². The van der Waals surface area contributed by atoms with E-state index in [0.717, 1.165) is 0 Å². The van der Waals surface area contributed by atoms with Crippen LogP contribution in [0.2, 0.25) is 0 Å². The van der Waals surface area contributed by atoms with Gasteiger partial charge in [0.15, 0.2) is 5.41 Å². The molecule has 103 valence electrons. The fourth-order valence-electron chi connectivity index (χ4n) is 2.19. The van der Waals surface area contributed by atoms with Gasteiger partial charge in [0, 0.05) is 17.1 Å². The number of hydrogen-bond acceptors (Lipinski definition) is 6. The van der Waals surface area contributed by atoms with E-state index >= 15 is 0 Å². The number of nitrogens with zero attached hydrogens (tertiary/aromatic N) is 3. The van der Waals surface area contributed by atoms with Gasteiger partial charge >= 0.3 is 0 Å². The Balaban J connectivity index is 0.00000120. The molecule has 0 amide bonds. The molecule has 0 atom stereocenters. The van der Waals surface area contributed by atoms with E-state index in [9.17, 15) is 0 Å². The van der Waals surface area contributed by atoms with Crippen molar-refractivity contribution < 1.29 is 31.3 Å². The Bertz CT molecular complexity index is 360. The predicted molar refractivity (Wildman–Crippen MR) is 62.9 cm³/mol. The van der Waals surface area contributed by atoms with Gasteiger partial charge in [0.05, 0.1) is 19.6 Å². The zero-order valence-electron chi connectivity index (χ0n) is 10.1. The van der Waals surface area contributed by atoms with Crippen LogP contribution in [0.3, 0.4) is 0 Å². The molecule has 7 heteroatoms. The molecule has 0 bridgehead atoms. The van der Waals surface area contributed by atoms with Crippen LogP contribution >= 0.6 is 0 Å². The summed E-state index contributed by atoms with van der Waals surface area (Å²) in [7, 11) is 0. The second kappa shape index (κ2) is 5.28. The number of hydrogen-bond donors (Lipinski definition) is 0. The second-order valence-electron chi connectivity index (χ2n) is 4.23. The van der Waals surface area contributed by atoms with Crippen LogP contribution in [0, 0.1) is 5.41 Å². The Morgan fingerprint density at radius 3 is 1.33 bits per heavy atom. The van der Waals surface area contributed by atoms with Crippen molar-refractivity contribution in [2.24, 2.45) is 20.4 Å². The van der Waals surface area contributed by atoms with Crippen LogP contribution in [0.4, 0.5) is 0 Å². The molecule has 3 aliphatic heterocycles. The quantitative estimate of drug-likeness (QED) is 0.703. The average Bonchev–Trinajstić information content (AvgIpc) is 3.10. The van der Waals surface area contributed by atoms with E-state index in [2.05, 4.69) is 15.0 Å². The molecule has 0 aliphatic carbocycles. The van der Waals surface area contributed by atoms with Crippen LogP contribution < -0.4 is 0 Å². The Morgan fingerprint density at radius 1 is 0.778 bits per heavy atom. The number of aliphatic imine (C=N–C) groups is 3. The maximum absolute atomic E-state index is 5.57. The fourth-order valence-corrected chi connectivity index (χ4v) is 2.19. The van der Waals surface area contributed by atoms with Crippen LogP contribution in [-0.2, 0) is 31.3 Å². The topological polar surface area (TPSA) is 64.8 Å². The van der Waals surface area contributed by atoms with Gasteiger partial charge in [0.2, 0.25) is 17.7 Å². The average molecular weight is 301 g/mol. The summed E-state index contributed by atoms with van der Waals surface area (Å²) in [5.74, 6) is 1.83. The summed E-state index contributed by atoms with van der Waals surface area (Å²) in [6, 6.07) is 0. The third kappa shape index (κ3) is 2.01. The van der Waals surface area contributed by atoms with E-state index in [-0.39, 0.29) is 17.1 Å². The zero-order valence-corrected chi connectivity index (χ0v) is 11.1. The molecule has 18 heavy (non-hydrogen) atoms. The van der Waals surface area contributed by atoms with Crippen molar-refractivity contribution in [3.8, 4) is 0 Å². The van der Waals surface area contributed by atoms with Crippen molar-refractivity contribution in [2.75, 3.05) is 39.5 Å². The molecule has 0 saturated carbocycles. The molecule has 3 aliphatic rings. The van der Waals surface area contributed by atoms with Gasteiger partial charge in [-0.25, -0.2) is 0 Å². The summed E-state index contributed by atoms with van der Waals surface area (Å²) >= 11 is 0. The molecule has 3 heterocycles. The van der Waals surface area contributed by atoms with Gasteiger partial charge in [-0.2, -0.15) is 0 Å². The summed E-state index contributed by atoms with van der Waals surface area (Å²) in [5, 5.41) is 0. The zero-order chi connectivity index (χ0) is 11.7. The number of ether oxygens (including phenoxy) is 3. The molecule has 0 aromatic rings. The predicted octanol–water partition coefficient (Wildman–Crippen LogP) is 0.276. The second-order valence-corrected chi connectivity index (χ2v) is 4.23. The van der Waals surface area contributed by atoms with Crippen LogP contribution in [0.5, 0.6) is 0 Å². The maximum Gasteiger partial charge on any atom is 0.208 e. The molecule has 0 N–H and O–H groups in total. The van der Waals surface area contributed by atoms with Crippen LogP contribution in [0.25, 0.3) is 0 Å². The van der Waals surface area contributed by atoms with Crippen molar-refractivity contribution >= 4 is 17.7 Å². The molecular weight excluding hydrogens is 286 g/mol. The molecule has 0 aromatic heterocycles. The fraction of sp³-hybridized carbons (Fsp3) is 0.727. The first-order valence-electron chi connectivity index (χ1n) is 5.85. The van der Waals surface area contributed by atoms with Gasteiger partial charge in [-0.15, -0.1) is 0 Å². The summed E-state index contributed by atoms with van der Waals surface area (Å²) in [6.07, 6.45) is 0. The van der Waals surface area contributed by atoms with Crippen molar-refractivity contribution in [1.82, 2.24) is 0 Å². The van der Waals surface area contributed by atoms with Crippen LogP contribution in [0.15, 0.2) is 15.0 Å². The molecule has 6 nitrogen and oxygen atoms in total. The van der Waals surface area contributed by atoms with Gasteiger partial charge in [-0.05, 0) is 6.92 Å². The summed E-state index contributed by atoms with van der Waals surface area (Å²) in [4.78, 5) is 13.1. The molecule has 1 radical (unpaired) electrons. The van der Waals surface area contributed by atoms with Crippen LogP contribution in [0.1, 0.15) is 6.92 Å². The number of rotatable bonds is 3. The van der Waals surface area contributed by atoms with E-state index in [1.165, 1.54) is 0 Å². The molecule has 0 fully saturated rings. The first-order chi connectivity index (χ1) is 8.32. The Hall–Kier alpha value is -1.07. The van der Waals surface area contributed by atoms with Gasteiger partial charge < -0.3 is 14.2 Å². The van der Waals surface area contributed by atoms with Crippen molar-refractivity contribution in [3.63, 3.8) is 0 Å². The minimum atomic E-state index is -0.677. The summed E-state index contributed by atoms with van der Waals surface area (Å²) in [6.45, 7) is 5.77. The Morgan fingerprint density at radius 2 is 1.11 bits per heavy atom. The minimum Gasteiger partial charge on any atom is -0.478 e. The molecule has 0 spiro atoms. The largest absolute Gasteiger partial charge is 0.478 e. The van der Waals surface area contributed by atoms with Gasteiger partial charge in [-0.3, -0.25) is 15.0 Å². The summed E-state index contributed by atoms with van der Waals surface area (Å²) in [5.41, 5.74) is -0.677. The monoisotopic (exact) mass is 300 g/mol. The summed E-state index contributed by atoms with van der Waals surface area (Å²) < 4.78 is 16.7. The van der Waals surface area contributed by atoms with Gasteiger partial charge in [0.1, 0.15) is 19.8 Å². The standard InChI is InChI=1S/C11H15N3O3.Cu/c1-11(8-12-2-5-15-8,9-13-3-6-16-9)10-14-4-7-17-10;/h2-7H2,1H3;. The first kappa shape index (κ1) is 13.4. The van der Waals surface area contributed by atoms with Crippen molar-refractivity contribution in [1.29, 1.82) is 0 Å². The Labute approximate surface area is 116 Å². The minimum absolute atomic E-state index is 0. The van der Waals surface area contributed by atoms with Gasteiger partial charge in [-0.1, -0.05) is 0 Å². The smallest absolute Gasteiger partial charge is 0.208 e. The normalized spacial score (nSPS) is 22.2. The molecule has 3 rings (SSSR count). The molecule has 0 aromatic carbocycles. The Kier molecular flexibility index (Phi) is 3.92. The van der Waals surface area contributed by atoms with Crippen LogP contribution in [-0.4, -0.2) is 57.1 Å². The maximum atomic E-state index is 5.57.